The first-order valence-corrected chi connectivity index (χ1v) is 6.62. The summed E-state index contributed by atoms with van der Waals surface area (Å²) < 4.78 is 9.15. The Morgan fingerprint density at radius 1 is 0.609 bits per heavy atom. The molecule has 7 nitrogen and oxygen atoms in total. The molecule has 2 aliphatic heterocycles. The SMILES string of the molecule is O=C1OC(=O)c2c(Nc3cccc4c3C(=O)OC4=O)cccc21. The predicted octanol–water partition coefficient (Wildman–Crippen LogP) is 2.05. The van der Waals surface area contributed by atoms with Gasteiger partial charge in [0.1, 0.15) is 0 Å². The van der Waals surface area contributed by atoms with Crippen LogP contribution in [0.4, 0.5) is 11.4 Å². The van der Waals surface area contributed by atoms with E-state index in [4.69, 9.17) is 0 Å². The Hall–Kier alpha value is -3.48. The normalized spacial score (nSPS) is 15.1. The second kappa shape index (κ2) is 4.51. The van der Waals surface area contributed by atoms with Crippen LogP contribution < -0.4 is 5.32 Å². The highest BCUT2D eigenvalue weighted by molar-refractivity contribution is 6.19. The van der Waals surface area contributed by atoms with Crippen LogP contribution in [0.15, 0.2) is 36.4 Å². The molecule has 112 valence electrons. The van der Waals surface area contributed by atoms with Gasteiger partial charge in [-0.2, -0.15) is 0 Å². The van der Waals surface area contributed by atoms with Gasteiger partial charge in [0.15, 0.2) is 0 Å². The Bertz CT molecular complexity index is 855. The molecular formula is C16H7NO6. The molecule has 0 amide bonds. The van der Waals surface area contributed by atoms with Gasteiger partial charge < -0.3 is 14.8 Å². The van der Waals surface area contributed by atoms with Crippen LogP contribution in [0.2, 0.25) is 0 Å². The van der Waals surface area contributed by atoms with Crippen molar-refractivity contribution in [2.45, 2.75) is 0 Å². The second-order valence-corrected chi connectivity index (χ2v) is 4.94. The smallest absolute Gasteiger partial charge is 0.349 e. The lowest BCUT2D eigenvalue weighted by molar-refractivity contribution is 0.0426. The highest BCUT2D eigenvalue weighted by Crippen LogP contribution is 2.33. The van der Waals surface area contributed by atoms with Gasteiger partial charge in [-0.1, -0.05) is 12.1 Å². The number of nitrogens with one attached hydrogen (secondary N) is 1. The van der Waals surface area contributed by atoms with E-state index in [0.717, 1.165) is 0 Å². The molecule has 2 aliphatic rings. The van der Waals surface area contributed by atoms with E-state index in [1.807, 2.05) is 0 Å². The Kier molecular flexibility index (Phi) is 2.59. The Labute approximate surface area is 128 Å². The third-order valence-corrected chi connectivity index (χ3v) is 3.62. The molecule has 0 saturated carbocycles. The maximum Gasteiger partial charge on any atom is 0.349 e. The van der Waals surface area contributed by atoms with Gasteiger partial charge in [0.05, 0.1) is 33.6 Å². The molecule has 0 radical (unpaired) electrons. The van der Waals surface area contributed by atoms with Crippen molar-refractivity contribution in [3.05, 3.63) is 58.7 Å². The summed E-state index contributed by atoms with van der Waals surface area (Å²) in [6.07, 6.45) is 0. The first kappa shape index (κ1) is 13.2. The third-order valence-electron chi connectivity index (χ3n) is 3.62. The van der Waals surface area contributed by atoms with Crippen molar-refractivity contribution < 1.29 is 28.7 Å². The molecule has 0 atom stereocenters. The van der Waals surface area contributed by atoms with Crippen molar-refractivity contribution in [2.24, 2.45) is 0 Å². The van der Waals surface area contributed by atoms with E-state index in [1.54, 1.807) is 24.3 Å². The van der Waals surface area contributed by atoms with Gasteiger partial charge in [-0.05, 0) is 24.3 Å². The van der Waals surface area contributed by atoms with E-state index in [9.17, 15) is 19.2 Å². The summed E-state index contributed by atoms with van der Waals surface area (Å²) in [5.74, 6) is -2.97. The molecule has 4 rings (SSSR count). The van der Waals surface area contributed by atoms with Crippen LogP contribution in [0.25, 0.3) is 0 Å². The molecule has 1 N–H and O–H groups in total. The standard InChI is InChI=1S/C16H7NO6/c18-13-7-3-1-5-9(11(7)15(20)22-13)17-10-6-2-4-8-12(10)16(21)23-14(8)19/h1-6,17H. The fourth-order valence-electron chi connectivity index (χ4n) is 2.62. The first-order chi connectivity index (χ1) is 11.1. The van der Waals surface area contributed by atoms with E-state index in [-0.39, 0.29) is 22.3 Å². The lowest BCUT2D eigenvalue weighted by atomic mass is 10.0. The van der Waals surface area contributed by atoms with Crippen molar-refractivity contribution >= 4 is 35.3 Å². The second-order valence-electron chi connectivity index (χ2n) is 4.94. The van der Waals surface area contributed by atoms with E-state index in [1.165, 1.54) is 12.1 Å². The molecule has 0 unspecified atom stereocenters. The van der Waals surface area contributed by atoms with Gasteiger partial charge in [0.2, 0.25) is 0 Å². The van der Waals surface area contributed by atoms with Crippen LogP contribution in [0, 0.1) is 0 Å². The molecule has 0 aliphatic carbocycles. The Morgan fingerprint density at radius 3 is 1.48 bits per heavy atom. The summed E-state index contributed by atoms with van der Waals surface area (Å²) in [5.41, 5.74) is 1.08. The number of fused-ring (bicyclic) bond motifs is 2. The number of carbonyl (C=O) groups excluding carboxylic acids is 4. The lowest BCUT2D eigenvalue weighted by Gasteiger charge is -2.10. The van der Waals surface area contributed by atoms with E-state index in [2.05, 4.69) is 14.8 Å². The number of carbonyl (C=O) groups is 4. The zero-order valence-corrected chi connectivity index (χ0v) is 11.4. The molecule has 0 saturated heterocycles. The maximum atomic E-state index is 11.8. The summed E-state index contributed by atoms with van der Waals surface area (Å²) in [6.45, 7) is 0. The van der Waals surface area contributed by atoms with Crippen LogP contribution in [0.3, 0.4) is 0 Å². The predicted molar refractivity (Wildman–Crippen MR) is 75.7 cm³/mol. The van der Waals surface area contributed by atoms with Crippen molar-refractivity contribution in [1.82, 2.24) is 0 Å². The molecule has 0 aromatic heterocycles. The highest BCUT2D eigenvalue weighted by atomic mass is 16.6. The number of hydrogen-bond donors (Lipinski definition) is 1. The number of cyclic esters (lactones) is 4. The van der Waals surface area contributed by atoms with E-state index in [0.29, 0.717) is 11.4 Å². The average molecular weight is 309 g/mol. The topological polar surface area (TPSA) is 98.8 Å². The molecular weight excluding hydrogens is 302 g/mol. The zero-order valence-electron chi connectivity index (χ0n) is 11.4. The molecule has 2 heterocycles. The molecule has 0 fully saturated rings. The minimum Gasteiger partial charge on any atom is -0.386 e. The molecule has 0 spiro atoms. The highest BCUT2D eigenvalue weighted by Gasteiger charge is 2.35. The summed E-state index contributed by atoms with van der Waals surface area (Å²) in [6, 6.07) is 9.24. The van der Waals surface area contributed by atoms with Gasteiger partial charge in [-0.3, -0.25) is 0 Å². The van der Waals surface area contributed by atoms with Gasteiger partial charge in [-0.15, -0.1) is 0 Å². The molecule has 23 heavy (non-hydrogen) atoms. The number of esters is 4. The van der Waals surface area contributed by atoms with Crippen molar-refractivity contribution in [3.63, 3.8) is 0 Å². The zero-order chi connectivity index (χ0) is 16.1. The largest absolute Gasteiger partial charge is 0.386 e. The van der Waals surface area contributed by atoms with Crippen LogP contribution in [0.5, 0.6) is 0 Å². The van der Waals surface area contributed by atoms with Crippen molar-refractivity contribution in [1.29, 1.82) is 0 Å². The quantitative estimate of drug-likeness (QED) is 0.669. The molecule has 0 bridgehead atoms. The summed E-state index contributed by atoms with van der Waals surface area (Å²) in [5, 5.41) is 2.90. The summed E-state index contributed by atoms with van der Waals surface area (Å²) in [4.78, 5) is 46.8. The number of ether oxygens (including phenoxy) is 2. The maximum absolute atomic E-state index is 11.8. The van der Waals surface area contributed by atoms with Gasteiger partial charge in [0.25, 0.3) is 0 Å². The average Bonchev–Trinajstić information content (AvgIpc) is 2.98. The summed E-state index contributed by atoms with van der Waals surface area (Å²) in [7, 11) is 0. The number of rotatable bonds is 2. The minimum absolute atomic E-state index is 0.0905. The molecule has 2 aromatic carbocycles. The van der Waals surface area contributed by atoms with Gasteiger partial charge >= 0.3 is 23.9 Å². The van der Waals surface area contributed by atoms with Crippen LogP contribution in [0.1, 0.15) is 41.4 Å². The van der Waals surface area contributed by atoms with E-state index >= 15 is 0 Å². The van der Waals surface area contributed by atoms with Crippen LogP contribution in [-0.2, 0) is 9.47 Å². The van der Waals surface area contributed by atoms with Gasteiger partial charge in [0, 0.05) is 0 Å². The first-order valence-electron chi connectivity index (χ1n) is 6.62. The number of benzene rings is 2. The molecule has 7 heteroatoms. The minimum atomic E-state index is -0.765. The fraction of sp³-hybridized carbons (Fsp3) is 0. The Balaban J connectivity index is 1.83. The van der Waals surface area contributed by atoms with E-state index < -0.39 is 23.9 Å². The third kappa shape index (κ3) is 1.83. The van der Waals surface area contributed by atoms with Gasteiger partial charge in [-0.25, -0.2) is 19.2 Å². The number of anilines is 2. The number of hydrogen-bond acceptors (Lipinski definition) is 7. The fourth-order valence-corrected chi connectivity index (χ4v) is 2.62. The lowest BCUT2D eigenvalue weighted by Crippen LogP contribution is -2.05. The summed E-state index contributed by atoms with van der Waals surface area (Å²) >= 11 is 0. The van der Waals surface area contributed by atoms with Crippen LogP contribution in [-0.4, -0.2) is 23.9 Å². The monoisotopic (exact) mass is 309 g/mol. The molecule has 2 aromatic rings. The van der Waals surface area contributed by atoms with Crippen LogP contribution >= 0.6 is 0 Å². The van der Waals surface area contributed by atoms with Crippen molar-refractivity contribution in [2.75, 3.05) is 5.32 Å². The van der Waals surface area contributed by atoms with Crippen molar-refractivity contribution in [3.8, 4) is 0 Å². The Morgan fingerprint density at radius 2 is 1.04 bits per heavy atom.